The summed E-state index contributed by atoms with van der Waals surface area (Å²) < 4.78 is 5.59. The lowest BCUT2D eigenvalue weighted by atomic mass is 10.0. The van der Waals surface area contributed by atoms with Crippen LogP contribution in [0.2, 0.25) is 0 Å². The van der Waals surface area contributed by atoms with Crippen LogP contribution in [-0.4, -0.2) is 39.5 Å². The van der Waals surface area contributed by atoms with E-state index >= 15 is 0 Å². The molecular weight excluding hydrogens is 260 g/mol. The number of carboxylic acids is 1. The second-order valence-electron chi connectivity index (χ2n) is 5.59. The summed E-state index contributed by atoms with van der Waals surface area (Å²) in [6.07, 6.45) is 4.27. The first-order valence-electron chi connectivity index (χ1n) is 7.09. The van der Waals surface area contributed by atoms with E-state index in [4.69, 9.17) is 4.42 Å². The van der Waals surface area contributed by atoms with Gasteiger partial charge in [0.15, 0.2) is 5.89 Å². The van der Waals surface area contributed by atoms with Crippen LogP contribution in [0, 0.1) is 6.92 Å². The van der Waals surface area contributed by atoms with Gasteiger partial charge in [-0.05, 0) is 39.0 Å². The van der Waals surface area contributed by atoms with Gasteiger partial charge in [-0.25, -0.2) is 9.78 Å². The third kappa shape index (κ3) is 2.30. The molecule has 20 heavy (non-hydrogen) atoms. The number of carboxylic acid groups (broad SMARTS) is 1. The number of carbonyl (C=O) groups excluding carboxylic acids is 1. The topological polar surface area (TPSA) is 83.6 Å². The Morgan fingerprint density at radius 3 is 2.70 bits per heavy atom. The Morgan fingerprint density at radius 1 is 1.30 bits per heavy atom. The molecule has 6 nitrogen and oxygen atoms in total. The Bertz CT molecular complexity index is 547. The largest absolute Gasteiger partial charge is 0.480 e. The van der Waals surface area contributed by atoms with Crippen molar-refractivity contribution in [3.63, 3.8) is 0 Å². The molecule has 1 aromatic heterocycles. The minimum atomic E-state index is -0.947. The highest BCUT2D eigenvalue weighted by Crippen LogP contribution is 2.40. The van der Waals surface area contributed by atoms with Gasteiger partial charge < -0.3 is 14.4 Å². The van der Waals surface area contributed by atoms with Crippen molar-refractivity contribution in [1.82, 2.24) is 9.88 Å². The number of aliphatic carboxylic acids is 1. The molecular formula is C14H18N2O4. The molecule has 108 valence electrons. The maximum Gasteiger partial charge on any atom is 0.326 e. The second kappa shape index (κ2) is 4.92. The molecule has 1 aliphatic heterocycles. The van der Waals surface area contributed by atoms with Crippen molar-refractivity contribution in [1.29, 1.82) is 0 Å². The van der Waals surface area contributed by atoms with Gasteiger partial charge >= 0.3 is 5.97 Å². The van der Waals surface area contributed by atoms with Crippen LogP contribution >= 0.6 is 0 Å². The van der Waals surface area contributed by atoms with Gasteiger partial charge in [-0.3, -0.25) is 4.79 Å². The number of rotatable bonds is 3. The Balaban J connectivity index is 1.84. The number of hydrogen-bond donors (Lipinski definition) is 1. The first-order valence-corrected chi connectivity index (χ1v) is 7.09. The quantitative estimate of drug-likeness (QED) is 0.913. The first-order chi connectivity index (χ1) is 9.58. The molecule has 6 heteroatoms. The van der Waals surface area contributed by atoms with Crippen molar-refractivity contribution in [2.75, 3.05) is 6.54 Å². The van der Waals surface area contributed by atoms with Gasteiger partial charge in [-0.1, -0.05) is 0 Å². The molecule has 1 saturated heterocycles. The minimum absolute atomic E-state index is 0.208. The standard InChI is InChI=1S/C14H18N2O4/c1-8-11(20-12(15-8)9-5-6-9)13(17)16-7-3-2-4-10(16)14(18)19/h9-10H,2-7H2,1H3,(H,18,19)/t10-/m1/s1. The van der Waals surface area contributed by atoms with Gasteiger partial charge in [0.2, 0.25) is 5.76 Å². The average Bonchev–Trinajstić information content (AvgIpc) is 3.21. The van der Waals surface area contributed by atoms with Gasteiger partial charge in [0, 0.05) is 12.5 Å². The lowest BCUT2D eigenvalue weighted by Crippen LogP contribution is -2.48. The fraction of sp³-hybridized carbons (Fsp3) is 0.643. The molecule has 0 bridgehead atoms. The minimum Gasteiger partial charge on any atom is -0.480 e. The van der Waals surface area contributed by atoms with Crippen LogP contribution in [0.15, 0.2) is 4.42 Å². The van der Waals surface area contributed by atoms with E-state index in [1.54, 1.807) is 6.92 Å². The molecule has 1 saturated carbocycles. The number of aryl methyl sites for hydroxylation is 1. The number of oxazole rings is 1. The third-order valence-corrected chi connectivity index (χ3v) is 3.98. The summed E-state index contributed by atoms with van der Waals surface area (Å²) in [5, 5.41) is 9.24. The first kappa shape index (κ1) is 13.1. The van der Waals surface area contributed by atoms with E-state index in [-0.39, 0.29) is 11.7 Å². The van der Waals surface area contributed by atoms with Crippen LogP contribution in [0.5, 0.6) is 0 Å². The molecule has 2 aliphatic rings. The van der Waals surface area contributed by atoms with Crippen molar-refractivity contribution >= 4 is 11.9 Å². The van der Waals surface area contributed by atoms with Crippen molar-refractivity contribution in [3.05, 3.63) is 17.3 Å². The summed E-state index contributed by atoms with van der Waals surface area (Å²) in [4.78, 5) is 29.5. The van der Waals surface area contributed by atoms with Gasteiger partial charge in [-0.2, -0.15) is 0 Å². The second-order valence-corrected chi connectivity index (χ2v) is 5.59. The predicted molar refractivity (Wildman–Crippen MR) is 69.5 cm³/mol. The highest BCUT2D eigenvalue weighted by Gasteiger charge is 2.36. The van der Waals surface area contributed by atoms with Crippen LogP contribution in [0.3, 0.4) is 0 Å². The summed E-state index contributed by atoms with van der Waals surface area (Å²) in [6.45, 7) is 2.21. The maximum absolute atomic E-state index is 12.5. The van der Waals surface area contributed by atoms with E-state index in [0.29, 0.717) is 30.5 Å². The van der Waals surface area contributed by atoms with E-state index in [1.807, 2.05) is 0 Å². The predicted octanol–water partition coefficient (Wildman–Crippen LogP) is 1.94. The number of nitrogens with zero attached hydrogens (tertiary/aromatic N) is 2. The van der Waals surface area contributed by atoms with Crippen LogP contribution < -0.4 is 0 Å². The molecule has 1 atom stereocenters. The molecule has 0 aromatic carbocycles. The zero-order valence-electron chi connectivity index (χ0n) is 11.5. The zero-order valence-corrected chi connectivity index (χ0v) is 11.5. The highest BCUT2D eigenvalue weighted by atomic mass is 16.4. The van der Waals surface area contributed by atoms with Gasteiger partial charge in [0.05, 0.1) is 5.69 Å². The fourth-order valence-corrected chi connectivity index (χ4v) is 2.68. The Hall–Kier alpha value is -1.85. The van der Waals surface area contributed by atoms with E-state index in [2.05, 4.69) is 4.98 Å². The van der Waals surface area contributed by atoms with E-state index < -0.39 is 12.0 Å². The summed E-state index contributed by atoms with van der Waals surface area (Å²) in [5.41, 5.74) is 0.562. The van der Waals surface area contributed by atoms with Gasteiger partial charge in [-0.15, -0.1) is 0 Å². The summed E-state index contributed by atoms with van der Waals surface area (Å²) in [6, 6.07) is -0.745. The van der Waals surface area contributed by atoms with E-state index in [9.17, 15) is 14.7 Å². The molecule has 1 aliphatic carbocycles. The molecule has 2 heterocycles. The summed E-state index contributed by atoms with van der Waals surface area (Å²) in [7, 11) is 0. The van der Waals surface area contributed by atoms with Gasteiger partial charge in [0.25, 0.3) is 5.91 Å². The van der Waals surface area contributed by atoms with E-state index in [1.165, 1.54) is 4.90 Å². The third-order valence-electron chi connectivity index (χ3n) is 3.98. The highest BCUT2D eigenvalue weighted by molar-refractivity contribution is 5.95. The van der Waals surface area contributed by atoms with Crippen molar-refractivity contribution in [2.24, 2.45) is 0 Å². The Labute approximate surface area is 116 Å². The Morgan fingerprint density at radius 2 is 2.05 bits per heavy atom. The van der Waals surface area contributed by atoms with Crippen molar-refractivity contribution in [3.8, 4) is 0 Å². The van der Waals surface area contributed by atoms with Crippen LogP contribution in [0.4, 0.5) is 0 Å². The van der Waals surface area contributed by atoms with Crippen LogP contribution in [0.1, 0.15) is 60.2 Å². The molecule has 1 aromatic rings. The summed E-state index contributed by atoms with van der Waals surface area (Å²) in [5.74, 6) is -0.117. The molecule has 3 rings (SSSR count). The lowest BCUT2D eigenvalue weighted by molar-refractivity contribution is -0.143. The van der Waals surface area contributed by atoms with Crippen LogP contribution in [-0.2, 0) is 4.79 Å². The normalized spacial score (nSPS) is 22.9. The van der Waals surface area contributed by atoms with Gasteiger partial charge in [0.1, 0.15) is 6.04 Å². The number of carbonyl (C=O) groups is 2. The zero-order chi connectivity index (χ0) is 14.3. The van der Waals surface area contributed by atoms with Crippen molar-refractivity contribution < 1.29 is 19.1 Å². The average molecular weight is 278 g/mol. The molecule has 2 fully saturated rings. The number of aromatic nitrogens is 1. The van der Waals surface area contributed by atoms with E-state index in [0.717, 1.165) is 25.7 Å². The van der Waals surface area contributed by atoms with Crippen molar-refractivity contribution in [2.45, 2.75) is 51.0 Å². The lowest BCUT2D eigenvalue weighted by Gasteiger charge is -2.32. The maximum atomic E-state index is 12.5. The number of amides is 1. The smallest absolute Gasteiger partial charge is 0.326 e. The number of hydrogen-bond acceptors (Lipinski definition) is 4. The summed E-state index contributed by atoms with van der Waals surface area (Å²) >= 11 is 0. The fourth-order valence-electron chi connectivity index (χ4n) is 2.68. The monoisotopic (exact) mass is 278 g/mol. The SMILES string of the molecule is Cc1nc(C2CC2)oc1C(=O)N1CCCC[C@@H]1C(=O)O. The van der Waals surface area contributed by atoms with Crippen LogP contribution in [0.25, 0.3) is 0 Å². The molecule has 0 radical (unpaired) electrons. The molecule has 0 spiro atoms. The molecule has 1 amide bonds. The molecule has 0 unspecified atom stereocenters. The Kier molecular flexibility index (Phi) is 3.23. The number of piperidine rings is 1. The molecule has 1 N–H and O–H groups in total. The number of likely N-dealkylation sites (tertiary alicyclic amines) is 1.